The van der Waals surface area contributed by atoms with Gasteiger partial charge in [-0.2, -0.15) is 0 Å². The Morgan fingerprint density at radius 3 is 2.11 bits per heavy atom. The van der Waals surface area contributed by atoms with Crippen LogP contribution < -0.4 is 26.4 Å². The van der Waals surface area contributed by atoms with E-state index in [1.54, 1.807) is 43.5 Å². The predicted octanol–water partition coefficient (Wildman–Crippen LogP) is 4.21. The number of nitrogens with zero attached hydrogens (tertiary/aromatic N) is 2. The third kappa shape index (κ3) is 6.63. The zero-order valence-electron chi connectivity index (χ0n) is 19.7. The fourth-order valence-electron chi connectivity index (χ4n) is 3.46. The molecule has 37 heavy (non-hydrogen) atoms. The van der Waals surface area contributed by atoms with E-state index in [0.717, 1.165) is 11.3 Å². The number of benzene rings is 3. The van der Waals surface area contributed by atoms with Gasteiger partial charge in [-0.3, -0.25) is 19.3 Å². The molecular formula is C26H24ClN5O4S. The number of amides is 3. The third-order valence-corrected chi connectivity index (χ3v) is 6.01. The van der Waals surface area contributed by atoms with E-state index >= 15 is 0 Å². The number of nitrogens with two attached hydrogens (primary N) is 2. The lowest BCUT2D eigenvalue weighted by Crippen LogP contribution is -2.38. The van der Waals surface area contributed by atoms with Gasteiger partial charge in [-0.15, -0.1) is 23.7 Å². The number of anilines is 3. The summed E-state index contributed by atoms with van der Waals surface area (Å²) < 4.78 is 5.20. The number of hydrogen-bond acceptors (Lipinski definition) is 7. The Morgan fingerprint density at radius 2 is 1.57 bits per heavy atom. The van der Waals surface area contributed by atoms with Gasteiger partial charge in [-0.1, -0.05) is 12.1 Å². The molecule has 0 atom stereocenters. The van der Waals surface area contributed by atoms with Crippen molar-refractivity contribution in [3.8, 4) is 17.0 Å². The Morgan fingerprint density at radius 1 is 0.946 bits per heavy atom. The zero-order valence-corrected chi connectivity index (χ0v) is 21.3. The molecule has 3 amide bonds. The molecule has 0 fully saturated rings. The van der Waals surface area contributed by atoms with Gasteiger partial charge in [-0.25, -0.2) is 4.98 Å². The van der Waals surface area contributed by atoms with Crippen LogP contribution in [0.25, 0.3) is 11.3 Å². The topological polar surface area (TPSA) is 141 Å². The molecule has 0 unspecified atom stereocenters. The van der Waals surface area contributed by atoms with Crippen LogP contribution in [0.2, 0.25) is 0 Å². The molecule has 190 valence electrons. The number of methoxy groups -OCH3 is 1. The van der Waals surface area contributed by atoms with E-state index in [2.05, 4.69) is 10.3 Å². The molecule has 0 saturated carbocycles. The van der Waals surface area contributed by atoms with Crippen LogP contribution in [0.4, 0.5) is 16.5 Å². The normalized spacial score (nSPS) is 10.2. The van der Waals surface area contributed by atoms with Gasteiger partial charge in [0.2, 0.25) is 11.8 Å². The molecule has 3 aromatic carbocycles. The van der Waals surface area contributed by atoms with Crippen LogP contribution in [-0.4, -0.2) is 36.4 Å². The highest BCUT2D eigenvalue weighted by molar-refractivity contribution is 7.13. The van der Waals surface area contributed by atoms with Gasteiger partial charge < -0.3 is 21.5 Å². The maximum Gasteiger partial charge on any atom is 0.258 e. The highest BCUT2D eigenvalue weighted by Gasteiger charge is 2.21. The van der Waals surface area contributed by atoms with E-state index in [1.807, 2.05) is 17.5 Å². The Labute approximate surface area is 223 Å². The van der Waals surface area contributed by atoms with Crippen LogP contribution in [0.3, 0.4) is 0 Å². The second-order valence-corrected chi connectivity index (χ2v) is 8.62. The number of aromatic nitrogens is 1. The second kappa shape index (κ2) is 12.0. The van der Waals surface area contributed by atoms with Gasteiger partial charge in [0.05, 0.1) is 12.8 Å². The van der Waals surface area contributed by atoms with Crippen LogP contribution in [-0.2, 0) is 4.79 Å². The highest BCUT2D eigenvalue weighted by Crippen LogP contribution is 2.25. The van der Waals surface area contributed by atoms with Gasteiger partial charge in [0.15, 0.2) is 5.13 Å². The van der Waals surface area contributed by atoms with Crippen molar-refractivity contribution in [2.24, 2.45) is 5.73 Å². The summed E-state index contributed by atoms with van der Waals surface area (Å²) in [5, 5.41) is 5.16. The zero-order chi connectivity index (χ0) is 25.7. The van der Waals surface area contributed by atoms with E-state index in [-0.39, 0.29) is 24.5 Å². The van der Waals surface area contributed by atoms with E-state index in [4.69, 9.17) is 16.2 Å². The number of hydrogen-bond donors (Lipinski definition) is 3. The number of thiazole rings is 1. The molecule has 0 aliphatic heterocycles. The number of primary amides is 1. The number of ether oxygens (including phenoxy) is 1. The number of nitrogen functional groups attached to an aromatic ring is 1. The summed E-state index contributed by atoms with van der Waals surface area (Å²) >= 11 is 1.35. The van der Waals surface area contributed by atoms with Gasteiger partial charge in [0.25, 0.3) is 5.91 Å². The lowest BCUT2D eigenvalue weighted by molar-refractivity contribution is -0.114. The average Bonchev–Trinajstić information content (AvgIpc) is 3.33. The molecule has 0 bridgehead atoms. The van der Waals surface area contributed by atoms with Gasteiger partial charge in [-0.05, 0) is 60.7 Å². The lowest BCUT2D eigenvalue weighted by atomic mass is 10.1. The van der Waals surface area contributed by atoms with Gasteiger partial charge >= 0.3 is 0 Å². The molecule has 0 aliphatic rings. The quantitative estimate of drug-likeness (QED) is 0.307. The molecule has 9 nitrogen and oxygen atoms in total. The molecule has 4 aromatic rings. The minimum Gasteiger partial charge on any atom is -0.497 e. The van der Waals surface area contributed by atoms with E-state index < -0.39 is 17.7 Å². The smallest absolute Gasteiger partial charge is 0.258 e. The third-order valence-electron chi connectivity index (χ3n) is 5.33. The fraction of sp³-hybridized carbons (Fsp3) is 0.0769. The average molecular weight is 538 g/mol. The summed E-state index contributed by atoms with van der Waals surface area (Å²) in [6, 6.07) is 19.9. The number of halogens is 1. The number of rotatable bonds is 8. The molecule has 1 aromatic heterocycles. The second-order valence-electron chi connectivity index (χ2n) is 7.73. The van der Waals surface area contributed by atoms with Crippen molar-refractivity contribution in [2.45, 2.75) is 0 Å². The van der Waals surface area contributed by atoms with Crippen molar-refractivity contribution in [2.75, 3.05) is 29.6 Å². The molecule has 0 spiro atoms. The first-order chi connectivity index (χ1) is 17.3. The van der Waals surface area contributed by atoms with Crippen LogP contribution in [0.5, 0.6) is 5.75 Å². The standard InChI is InChI=1S/C26H23N5O4S.ClH/c1-35-21-12-10-20(11-13-21)31(25(34)18-4-2-17(3-5-18)24(27)33)14-23(32)29-19-8-6-16(7-9-19)22-15-36-26(28)30-22;/h2-13,15H,14H2,1H3,(H2,27,33)(H2,28,30)(H,29,32);1H. The first-order valence-corrected chi connectivity index (χ1v) is 11.7. The van der Waals surface area contributed by atoms with Crippen molar-refractivity contribution >= 4 is 58.0 Å². The monoisotopic (exact) mass is 537 g/mol. The van der Waals surface area contributed by atoms with E-state index in [9.17, 15) is 14.4 Å². The van der Waals surface area contributed by atoms with Crippen molar-refractivity contribution in [1.29, 1.82) is 0 Å². The van der Waals surface area contributed by atoms with Crippen molar-refractivity contribution in [1.82, 2.24) is 4.98 Å². The summed E-state index contributed by atoms with van der Waals surface area (Å²) in [6.45, 7) is -0.243. The predicted molar refractivity (Wildman–Crippen MR) is 147 cm³/mol. The maximum atomic E-state index is 13.4. The summed E-state index contributed by atoms with van der Waals surface area (Å²) in [7, 11) is 1.54. The van der Waals surface area contributed by atoms with Gasteiger partial charge in [0.1, 0.15) is 12.3 Å². The molecule has 0 saturated heterocycles. The Kier molecular flexibility index (Phi) is 8.83. The Balaban J connectivity index is 0.00000380. The maximum absolute atomic E-state index is 13.4. The summed E-state index contributed by atoms with van der Waals surface area (Å²) in [4.78, 5) is 43.3. The lowest BCUT2D eigenvalue weighted by Gasteiger charge is -2.23. The summed E-state index contributed by atoms with van der Waals surface area (Å²) in [5.74, 6) is -0.783. The van der Waals surface area contributed by atoms with Crippen molar-refractivity contribution in [3.63, 3.8) is 0 Å². The summed E-state index contributed by atoms with van der Waals surface area (Å²) in [5.41, 5.74) is 14.3. The fourth-order valence-corrected chi connectivity index (χ4v) is 4.04. The number of nitrogens with one attached hydrogen (secondary N) is 1. The highest BCUT2D eigenvalue weighted by atomic mass is 35.5. The van der Waals surface area contributed by atoms with Crippen molar-refractivity contribution < 1.29 is 19.1 Å². The van der Waals surface area contributed by atoms with E-state index in [0.29, 0.717) is 27.8 Å². The summed E-state index contributed by atoms with van der Waals surface area (Å²) in [6.07, 6.45) is 0. The minimum atomic E-state index is -0.593. The van der Waals surface area contributed by atoms with E-state index in [1.165, 1.54) is 40.5 Å². The molecule has 1 heterocycles. The Bertz CT molecular complexity index is 1390. The Hall–Kier alpha value is -4.41. The molecular weight excluding hydrogens is 514 g/mol. The van der Waals surface area contributed by atoms with Crippen LogP contribution >= 0.6 is 23.7 Å². The minimum absolute atomic E-state index is 0. The van der Waals surface area contributed by atoms with Crippen LogP contribution in [0.15, 0.2) is 78.2 Å². The van der Waals surface area contributed by atoms with Crippen molar-refractivity contribution in [3.05, 3.63) is 89.3 Å². The first kappa shape index (κ1) is 27.2. The molecule has 0 radical (unpaired) electrons. The number of carbonyl (C=O) groups excluding carboxylic acids is 3. The first-order valence-electron chi connectivity index (χ1n) is 10.8. The molecule has 0 aliphatic carbocycles. The largest absolute Gasteiger partial charge is 0.497 e. The molecule has 11 heteroatoms. The van der Waals surface area contributed by atoms with Gasteiger partial charge in [0, 0.05) is 33.4 Å². The number of carbonyl (C=O) groups is 3. The van der Waals surface area contributed by atoms with Crippen LogP contribution in [0, 0.1) is 0 Å². The molecule has 4 rings (SSSR count). The van der Waals surface area contributed by atoms with Crippen LogP contribution in [0.1, 0.15) is 20.7 Å². The molecule has 5 N–H and O–H groups in total. The SMILES string of the molecule is COc1ccc(N(CC(=O)Nc2ccc(-c3csc(N)n3)cc2)C(=O)c2ccc(C(N)=O)cc2)cc1.Cl.